The summed E-state index contributed by atoms with van der Waals surface area (Å²) in [6, 6.07) is 0. The van der Waals surface area contributed by atoms with Crippen LogP contribution in [0.1, 0.15) is 356 Å². The fourth-order valence-electron chi connectivity index (χ4n) is 10.9. The van der Waals surface area contributed by atoms with Crippen molar-refractivity contribution in [3.05, 3.63) is 48.6 Å². The molecule has 0 aliphatic heterocycles. The average molecular weight is 1420 g/mol. The minimum absolute atomic E-state index is 0.0780. The van der Waals surface area contributed by atoms with Crippen molar-refractivity contribution in [2.24, 2.45) is 11.8 Å². The van der Waals surface area contributed by atoms with Gasteiger partial charge < -0.3 is 33.8 Å². The summed E-state index contributed by atoms with van der Waals surface area (Å²) in [6.45, 7) is 9.41. The van der Waals surface area contributed by atoms with Crippen LogP contribution in [0.3, 0.4) is 0 Å². The molecular formula is C78H144O17P2. The Bertz CT molecular complexity index is 2060. The fraction of sp³-hybridized carbons (Fsp3) is 0.846. The summed E-state index contributed by atoms with van der Waals surface area (Å²) in [5.74, 6) is -0.701. The van der Waals surface area contributed by atoms with Crippen LogP contribution in [0.2, 0.25) is 0 Å². The molecule has 0 saturated heterocycles. The van der Waals surface area contributed by atoms with E-state index in [0.29, 0.717) is 31.6 Å². The summed E-state index contributed by atoms with van der Waals surface area (Å²) in [5.41, 5.74) is 0. The second-order valence-electron chi connectivity index (χ2n) is 27.7. The predicted octanol–water partition coefficient (Wildman–Crippen LogP) is 22.2. The Morgan fingerprint density at radius 3 is 0.835 bits per heavy atom. The fourth-order valence-corrected chi connectivity index (χ4v) is 12.5. The number of ether oxygens (including phenoxy) is 4. The van der Waals surface area contributed by atoms with Crippen molar-refractivity contribution in [3.8, 4) is 0 Å². The molecule has 0 rings (SSSR count). The van der Waals surface area contributed by atoms with E-state index in [1.54, 1.807) is 0 Å². The van der Waals surface area contributed by atoms with Crippen molar-refractivity contribution < 1.29 is 80.2 Å². The number of phosphoric ester groups is 2. The first-order valence-corrected chi connectivity index (χ1v) is 42.1. The van der Waals surface area contributed by atoms with Crippen LogP contribution in [0.25, 0.3) is 0 Å². The molecule has 0 fully saturated rings. The molecule has 0 aromatic heterocycles. The summed E-state index contributed by atoms with van der Waals surface area (Å²) in [5, 5.41) is 10.6. The number of esters is 4. The summed E-state index contributed by atoms with van der Waals surface area (Å²) >= 11 is 0. The molecule has 0 saturated carbocycles. The smallest absolute Gasteiger partial charge is 0.462 e. The number of unbranched alkanes of at least 4 members (excludes halogenated alkanes) is 37. The molecular weight excluding hydrogens is 1270 g/mol. The standard InChI is InChI=1S/C78H144O17P2/c1-7-9-11-13-15-17-19-21-24-29-33-37-41-48-54-60-75(80)88-66-73(94-77(82)62-56-50-42-38-34-30-25-22-20-18-16-14-12-10-8-2)68-92-96(84,85)90-64-72(79)65-91-97(86,87)93-69-74(67-89-76(81)61-55-49-45-44-47-53-59-71(5)6)95-78(83)63-57-51-43-39-35-31-27-23-26-28-32-36-40-46-52-58-70(3)4/h17-22,24-25,70-74,79H,7-16,23,26-69H2,1-6H3,(H,84,85)(H,86,87)/b19-17-,20-18-,24-21-,25-22-/t72?,73-,74-/m1/s1. The summed E-state index contributed by atoms with van der Waals surface area (Å²) < 4.78 is 68.5. The maximum absolute atomic E-state index is 13.1. The van der Waals surface area contributed by atoms with Gasteiger partial charge in [0.1, 0.15) is 19.3 Å². The van der Waals surface area contributed by atoms with Crippen molar-refractivity contribution >= 4 is 39.5 Å². The van der Waals surface area contributed by atoms with E-state index >= 15 is 0 Å². The number of phosphoric acid groups is 2. The van der Waals surface area contributed by atoms with Gasteiger partial charge in [0.2, 0.25) is 0 Å². The maximum atomic E-state index is 13.1. The van der Waals surface area contributed by atoms with Crippen LogP contribution >= 0.6 is 15.6 Å². The van der Waals surface area contributed by atoms with E-state index in [4.69, 9.17) is 37.0 Å². The van der Waals surface area contributed by atoms with Gasteiger partial charge in [0.05, 0.1) is 26.4 Å². The van der Waals surface area contributed by atoms with Gasteiger partial charge in [-0.15, -0.1) is 0 Å². The molecule has 3 N–H and O–H groups in total. The van der Waals surface area contributed by atoms with Crippen molar-refractivity contribution in [1.82, 2.24) is 0 Å². The highest BCUT2D eigenvalue weighted by Crippen LogP contribution is 2.45. The molecule has 19 heteroatoms. The van der Waals surface area contributed by atoms with Crippen LogP contribution in [-0.2, 0) is 65.4 Å². The third kappa shape index (κ3) is 71.2. The zero-order valence-corrected chi connectivity index (χ0v) is 64.1. The molecule has 0 aliphatic carbocycles. The molecule has 0 radical (unpaired) electrons. The molecule has 5 atom stereocenters. The summed E-state index contributed by atoms with van der Waals surface area (Å²) in [6.07, 6.45) is 62.8. The molecule has 0 amide bonds. The molecule has 0 spiro atoms. The largest absolute Gasteiger partial charge is 0.472 e. The van der Waals surface area contributed by atoms with Crippen LogP contribution in [0.4, 0.5) is 0 Å². The van der Waals surface area contributed by atoms with Crippen LogP contribution < -0.4 is 0 Å². The number of hydrogen-bond acceptors (Lipinski definition) is 15. The number of aliphatic hydroxyl groups excluding tert-OH is 1. The lowest BCUT2D eigenvalue weighted by Gasteiger charge is -2.21. The Hall–Kier alpha value is -2.98. The number of carbonyl (C=O) groups is 4. The van der Waals surface area contributed by atoms with Crippen LogP contribution in [0.15, 0.2) is 48.6 Å². The Morgan fingerprint density at radius 1 is 0.320 bits per heavy atom. The van der Waals surface area contributed by atoms with Crippen LogP contribution in [-0.4, -0.2) is 96.7 Å². The second-order valence-corrected chi connectivity index (χ2v) is 30.6. The van der Waals surface area contributed by atoms with Crippen LogP contribution in [0, 0.1) is 11.8 Å². The molecule has 3 unspecified atom stereocenters. The predicted molar refractivity (Wildman–Crippen MR) is 395 cm³/mol. The molecule has 0 aliphatic rings. The van der Waals surface area contributed by atoms with E-state index in [1.165, 1.54) is 135 Å². The van der Waals surface area contributed by atoms with Crippen molar-refractivity contribution in [2.75, 3.05) is 39.6 Å². The van der Waals surface area contributed by atoms with Gasteiger partial charge in [-0.3, -0.25) is 37.3 Å². The zero-order chi connectivity index (χ0) is 71.4. The second kappa shape index (κ2) is 68.8. The molecule has 0 heterocycles. The van der Waals surface area contributed by atoms with Gasteiger partial charge in [0.25, 0.3) is 0 Å². The lowest BCUT2D eigenvalue weighted by Crippen LogP contribution is -2.30. The Balaban J connectivity index is 5.29. The monoisotopic (exact) mass is 1410 g/mol. The van der Waals surface area contributed by atoms with Gasteiger partial charge >= 0.3 is 39.5 Å². The third-order valence-electron chi connectivity index (χ3n) is 17.0. The normalized spacial score (nSPS) is 14.3. The Morgan fingerprint density at radius 2 is 0.557 bits per heavy atom. The first-order valence-electron chi connectivity index (χ1n) is 39.1. The highest BCUT2D eigenvalue weighted by Gasteiger charge is 2.30. The highest BCUT2D eigenvalue weighted by molar-refractivity contribution is 7.47. The highest BCUT2D eigenvalue weighted by atomic mass is 31.2. The number of aliphatic hydroxyl groups is 1. The van der Waals surface area contributed by atoms with Gasteiger partial charge in [-0.25, -0.2) is 9.13 Å². The van der Waals surface area contributed by atoms with E-state index in [2.05, 4.69) is 90.2 Å². The zero-order valence-electron chi connectivity index (χ0n) is 62.3. The minimum atomic E-state index is -4.97. The number of carbonyl (C=O) groups excluding carboxylic acids is 4. The summed E-state index contributed by atoms with van der Waals surface area (Å²) in [4.78, 5) is 72.8. The van der Waals surface area contributed by atoms with Gasteiger partial charge in [0, 0.05) is 25.7 Å². The SMILES string of the molecule is CCCCCC/C=C\C=C/CCCCCCCC(=O)OC[C@H](COP(=O)(O)OCC(O)COP(=O)(O)OC[C@@H](COC(=O)CCCCCCCCC(C)C)OC(=O)CCCCCCCCCCCCCCCCCC(C)C)OC(=O)CCCCCCC/C=C\C=C/CCCCCC. The first kappa shape index (κ1) is 94.0. The average Bonchev–Trinajstić information content (AvgIpc) is 1.76. The topological polar surface area (TPSA) is 237 Å². The number of allylic oxidation sites excluding steroid dienone is 8. The van der Waals surface area contributed by atoms with Crippen molar-refractivity contribution in [2.45, 2.75) is 374 Å². The molecule has 17 nitrogen and oxygen atoms in total. The lowest BCUT2D eigenvalue weighted by molar-refractivity contribution is -0.161. The summed E-state index contributed by atoms with van der Waals surface area (Å²) in [7, 11) is -9.94. The minimum Gasteiger partial charge on any atom is -0.462 e. The van der Waals surface area contributed by atoms with Crippen molar-refractivity contribution in [1.29, 1.82) is 0 Å². The lowest BCUT2D eigenvalue weighted by atomic mass is 10.0. The van der Waals surface area contributed by atoms with Gasteiger partial charge in [-0.2, -0.15) is 0 Å². The van der Waals surface area contributed by atoms with E-state index in [-0.39, 0.29) is 25.7 Å². The molecule has 568 valence electrons. The first-order chi connectivity index (χ1) is 46.9. The van der Waals surface area contributed by atoms with Crippen LogP contribution in [0.5, 0.6) is 0 Å². The van der Waals surface area contributed by atoms with E-state index in [1.807, 2.05) is 0 Å². The maximum Gasteiger partial charge on any atom is 0.472 e. The molecule has 0 aromatic carbocycles. The number of hydrogen-bond donors (Lipinski definition) is 3. The third-order valence-corrected chi connectivity index (χ3v) is 18.9. The van der Waals surface area contributed by atoms with E-state index in [9.17, 15) is 43.2 Å². The Kier molecular flexibility index (Phi) is 66.7. The molecule has 97 heavy (non-hydrogen) atoms. The quantitative estimate of drug-likeness (QED) is 0.0169. The number of rotatable bonds is 73. The molecule has 0 aromatic rings. The van der Waals surface area contributed by atoms with Gasteiger partial charge in [-0.05, 0) is 88.9 Å². The van der Waals surface area contributed by atoms with Crippen molar-refractivity contribution in [3.63, 3.8) is 0 Å². The Labute approximate surface area is 591 Å². The van der Waals surface area contributed by atoms with Gasteiger partial charge in [0.15, 0.2) is 12.2 Å². The van der Waals surface area contributed by atoms with E-state index < -0.39 is 97.5 Å². The van der Waals surface area contributed by atoms with Gasteiger partial charge in [-0.1, -0.05) is 302 Å². The van der Waals surface area contributed by atoms with E-state index in [0.717, 1.165) is 134 Å². The molecule has 0 bridgehead atoms.